The van der Waals surface area contributed by atoms with Gasteiger partial charge in [0.25, 0.3) is 10.0 Å². The van der Waals surface area contributed by atoms with Crippen molar-refractivity contribution in [3.8, 4) is 0 Å². The summed E-state index contributed by atoms with van der Waals surface area (Å²) in [5.41, 5.74) is -0.646. The van der Waals surface area contributed by atoms with E-state index in [1.165, 1.54) is 18.2 Å². The van der Waals surface area contributed by atoms with Crippen molar-refractivity contribution in [2.45, 2.75) is 15.4 Å². The number of nitrogens with zero attached hydrogens (tertiary/aromatic N) is 1. The third-order valence-electron chi connectivity index (χ3n) is 3.41. The minimum absolute atomic E-state index is 0.0728. The van der Waals surface area contributed by atoms with E-state index in [9.17, 15) is 30.0 Å². The van der Waals surface area contributed by atoms with Crippen LogP contribution in [0.5, 0.6) is 0 Å². The fourth-order valence-electron chi connectivity index (χ4n) is 2.18. The zero-order chi connectivity index (χ0) is 20.0. The molecule has 1 aromatic heterocycles. The Hall–Kier alpha value is -2.18. The van der Waals surface area contributed by atoms with Crippen LogP contribution >= 0.6 is 11.3 Å². The monoisotopic (exact) mass is 436 g/mol. The van der Waals surface area contributed by atoms with E-state index in [-0.39, 0.29) is 10.0 Å². The lowest BCUT2D eigenvalue weighted by Gasteiger charge is -2.11. The summed E-state index contributed by atoms with van der Waals surface area (Å²) in [6.45, 7) is 0. The van der Waals surface area contributed by atoms with Gasteiger partial charge in [-0.1, -0.05) is 6.07 Å². The van der Waals surface area contributed by atoms with Crippen LogP contribution in [0.2, 0.25) is 0 Å². The topological polar surface area (TPSA) is 93.2 Å². The van der Waals surface area contributed by atoms with E-state index in [4.69, 9.17) is 0 Å². The average molecular weight is 436 g/mol. The summed E-state index contributed by atoms with van der Waals surface area (Å²) in [6.07, 6.45) is -3.67. The molecule has 27 heavy (non-hydrogen) atoms. The van der Waals surface area contributed by atoms with E-state index >= 15 is 0 Å². The Bertz CT molecular complexity index is 1230. The Kier molecular flexibility index (Phi) is 4.68. The van der Waals surface area contributed by atoms with Gasteiger partial charge in [0.15, 0.2) is 0 Å². The van der Waals surface area contributed by atoms with Gasteiger partial charge in [-0.25, -0.2) is 21.8 Å². The summed E-state index contributed by atoms with van der Waals surface area (Å²) in [7, 11) is -7.78. The number of hydrogen-bond donors (Lipinski definition) is 1. The van der Waals surface area contributed by atoms with Crippen molar-refractivity contribution in [3.05, 3.63) is 48.0 Å². The van der Waals surface area contributed by atoms with E-state index in [0.29, 0.717) is 16.3 Å². The smallest absolute Gasteiger partial charge is 0.280 e. The maximum Gasteiger partial charge on any atom is 0.416 e. The van der Waals surface area contributed by atoms with Crippen LogP contribution in [-0.4, -0.2) is 28.1 Å². The van der Waals surface area contributed by atoms with Crippen molar-refractivity contribution >= 4 is 47.1 Å². The van der Waals surface area contributed by atoms with Crippen LogP contribution < -0.4 is 4.72 Å². The fourth-order valence-corrected chi connectivity index (χ4v) is 5.15. The van der Waals surface area contributed by atoms with E-state index in [1.807, 2.05) is 0 Å². The first kappa shape index (κ1) is 19.6. The predicted octanol–water partition coefficient (Wildman–Crippen LogP) is 3.52. The van der Waals surface area contributed by atoms with Crippen LogP contribution in [0.4, 0.5) is 18.9 Å². The van der Waals surface area contributed by atoms with E-state index in [1.54, 1.807) is 0 Å². The molecule has 2 aromatic carbocycles. The zero-order valence-electron chi connectivity index (χ0n) is 13.5. The highest BCUT2D eigenvalue weighted by Gasteiger charge is 2.31. The Labute approximate surface area is 156 Å². The summed E-state index contributed by atoms with van der Waals surface area (Å²) in [6, 6.07) is 7.49. The molecule has 0 unspecified atom stereocenters. The normalized spacial score (nSPS) is 13.0. The number of nitrogens with one attached hydrogen (secondary N) is 1. The first-order valence-electron chi connectivity index (χ1n) is 7.17. The summed E-state index contributed by atoms with van der Waals surface area (Å²) in [4.78, 5) is 3.40. The third kappa shape index (κ3) is 4.22. The van der Waals surface area contributed by atoms with Gasteiger partial charge in [-0.05, 0) is 36.4 Å². The molecule has 12 heteroatoms. The Morgan fingerprint density at radius 1 is 1.04 bits per heavy atom. The fraction of sp³-hybridized carbons (Fsp3) is 0.133. The highest BCUT2D eigenvalue weighted by atomic mass is 32.2. The van der Waals surface area contributed by atoms with Crippen LogP contribution in [0.15, 0.2) is 51.7 Å². The number of anilines is 1. The molecular weight excluding hydrogens is 425 g/mol. The second kappa shape index (κ2) is 6.46. The molecule has 0 spiro atoms. The van der Waals surface area contributed by atoms with Crippen LogP contribution in [-0.2, 0) is 26.0 Å². The van der Waals surface area contributed by atoms with Crippen LogP contribution in [0.1, 0.15) is 5.56 Å². The molecule has 0 saturated carbocycles. The molecule has 1 N–H and O–H groups in total. The van der Waals surface area contributed by atoms with Gasteiger partial charge in [-0.15, -0.1) is 11.3 Å². The van der Waals surface area contributed by atoms with E-state index in [0.717, 1.165) is 35.8 Å². The number of hydrogen-bond acceptors (Lipinski definition) is 6. The number of fused-ring (bicyclic) bond motifs is 1. The number of benzene rings is 2. The molecule has 0 aliphatic rings. The van der Waals surface area contributed by atoms with E-state index in [2.05, 4.69) is 9.71 Å². The minimum Gasteiger partial charge on any atom is -0.280 e. The molecule has 0 radical (unpaired) electrons. The Morgan fingerprint density at radius 2 is 1.74 bits per heavy atom. The molecule has 144 valence electrons. The molecule has 0 fully saturated rings. The molecule has 1 heterocycles. The number of alkyl halides is 3. The van der Waals surface area contributed by atoms with Crippen molar-refractivity contribution in [2.75, 3.05) is 11.0 Å². The minimum atomic E-state index is -4.67. The van der Waals surface area contributed by atoms with Gasteiger partial charge in [0.1, 0.15) is 0 Å². The second-order valence-electron chi connectivity index (χ2n) is 5.57. The molecule has 0 aliphatic carbocycles. The lowest BCUT2D eigenvalue weighted by molar-refractivity contribution is -0.137. The van der Waals surface area contributed by atoms with Crippen molar-refractivity contribution in [1.82, 2.24) is 4.98 Å². The third-order valence-corrected chi connectivity index (χ3v) is 7.49. The maximum atomic E-state index is 12.8. The molecular formula is C15H11F3N2O4S3. The highest BCUT2D eigenvalue weighted by molar-refractivity contribution is 7.93. The SMILES string of the molecule is CS(=O)(=O)c1nc2ccc(NS(=O)(=O)c3cccc(C(F)(F)F)c3)cc2s1. The van der Waals surface area contributed by atoms with Gasteiger partial charge < -0.3 is 0 Å². The summed E-state index contributed by atoms with van der Waals surface area (Å²) < 4.78 is 88.8. The van der Waals surface area contributed by atoms with Crippen molar-refractivity contribution in [1.29, 1.82) is 0 Å². The lowest BCUT2D eigenvalue weighted by atomic mass is 10.2. The molecule has 0 aliphatic heterocycles. The van der Waals surface area contributed by atoms with Crippen molar-refractivity contribution < 1.29 is 30.0 Å². The molecule has 6 nitrogen and oxygen atoms in total. The van der Waals surface area contributed by atoms with Gasteiger partial charge >= 0.3 is 6.18 Å². The van der Waals surface area contributed by atoms with Crippen LogP contribution in [0.25, 0.3) is 10.2 Å². The van der Waals surface area contributed by atoms with Gasteiger partial charge in [0.2, 0.25) is 14.2 Å². The van der Waals surface area contributed by atoms with Crippen molar-refractivity contribution in [3.63, 3.8) is 0 Å². The molecule has 0 saturated heterocycles. The van der Waals surface area contributed by atoms with Crippen molar-refractivity contribution in [2.24, 2.45) is 0 Å². The van der Waals surface area contributed by atoms with E-state index < -0.39 is 36.5 Å². The van der Waals surface area contributed by atoms with Gasteiger partial charge in [0.05, 0.1) is 26.4 Å². The quantitative estimate of drug-likeness (QED) is 0.676. The Morgan fingerprint density at radius 3 is 2.37 bits per heavy atom. The first-order chi connectivity index (χ1) is 12.4. The highest BCUT2D eigenvalue weighted by Crippen LogP contribution is 2.32. The number of sulfone groups is 1. The summed E-state index contributed by atoms with van der Waals surface area (Å²) >= 11 is 0.863. The Balaban J connectivity index is 1.96. The number of halogens is 3. The number of thiazole rings is 1. The molecule has 3 aromatic rings. The average Bonchev–Trinajstić information content (AvgIpc) is 2.97. The molecule has 0 amide bonds. The number of aromatic nitrogens is 1. The first-order valence-corrected chi connectivity index (χ1v) is 11.4. The second-order valence-corrected chi connectivity index (χ2v) is 10.5. The summed E-state index contributed by atoms with van der Waals surface area (Å²) in [5, 5.41) is 0. The number of rotatable bonds is 4. The largest absolute Gasteiger partial charge is 0.416 e. The lowest BCUT2D eigenvalue weighted by Crippen LogP contribution is -2.14. The maximum absolute atomic E-state index is 12.8. The van der Waals surface area contributed by atoms with Crippen LogP contribution in [0.3, 0.4) is 0 Å². The molecule has 0 atom stereocenters. The van der Waals surface area contributed by atoms with Gasteiger partial charge in [0, 0.05) is 6.26 Å². The predicted molar refractivity (Wildman–Crippen MR) is 95.0 cm³/mol. The van der Waals surface area contributed by atoms with Crippen LogP contribution in [0, 0.1) is 0 Å². The standard InChI is InChI=1S/C15H11F3N2O4S3/c1-26(21,22)14-19-12-6-5-10(8-13(12)25-14)20-27(23,24)11-4-2-3-9(7-11)15(16,17)18/h2-8,20H,1H3. The zero-order valence-corrected chi connectivity index (χ0v) is 15.9. The molecule has 0 bridgehead atoms. The van der Waals surface area contributed by atoms with Gasteiger partial charge in [-0.2, -0.15) is 13.2 Å². The summed E-state index contributed by atoms with van der Waals surface area (Å²) in [5.74, 6) is 0. The van der Waals surface area contributed by atoms with Gasteiger partial charge in [-0.3, -0.25) is 4.72 Å². The number of sulfonamides is 1. The molecule has 3 rings (SSSR count).